The molecule has 0 heterocycles. The van der Waals surface area contributed by atoms with Gasteiger partial charge in [-0.05, 0) is 26.8 Å². The molecule has 14 heavy (non-hydrogen) atoms. The molecule has 1 saturated carbocycles. The van der Waals surface area contributed by atoms with E-state index in [1.165, 1.54) is 19.3 Å². The van der Waals surface area contributed by atoms with E-state index in [9.17, 15) is 4.79 Å². The normalized spacial score (nSPS) is 19.6. The van der Waals surface area contributed by atoms with Crippen LogP contribution in [0.4, 0.5) is 0 Å². The first kappa shape index (κ1) is 13.7. The van der Waals surface area contributed by atoms with Gasteiger partial charge in [-0.2, -0.15) is 0 Å². The molecular formula is C10H21ClN2O. The molecule has 1 aliphatic carbocycles. The van der Waals surface area contributed by atoms with Crippen molar-refractivity contribution < 1.29 is 4.79 Å². The lowest BCUT2D eigenvalue weighted by atomic mass is 9.95. The molecule has 0 aromatic carbocycles. The molecule has 0 aliphatic heterocycles. The van der Waals surface area contributed by atoms with Gasteiger partial charge in [0, 0.05) is 6.04 Å². The van der Waals surface area contributed by atoms with Crippen molar-refractivity contribution >= 4 is 18.3 Å². The summed E-state index contributed by atoms with van der Waals surface area (Å²) in [6, 6.07) is 0.360. The Labute approximate surface area is 92.4 Å². The number of amides is 1. The highest BCUT2D eigenvalue weighted by Gasteiger charge is 2.17. The number of rotatable bonds is 3. The standard InChI is InChI=1S/C10H20N2O.ClH/c1-8(11-2)10(13)12-9-6-4-3-5-7-9;/h8-9,11H,3-7H2,1-2H3,(H,12,13);1H/t8-;/m1./s1. The van der Waals surface area contributed by atoms with Gasteiger partial charge in [0.15, 0.2) is 0 Å². The highest BCUT2D eigenvalue weighted by Crippen LogP contribution is 2.17. The van der Waals surface area contributed by atoms with Crippen LogP contribution in [-0.4, -0.2) is 25.0 Å². The number of nitrogens with one attached hydrogen (secondary N) is 2. The molecular weight excluding hydrogens is 200 g/mol. The van der Waals surface area contributed by atoms with E-state index in [1.807, 2.05) is 14.0 Å². The minimum absolute atomic E-state index is 0. The second-order valence-electron chi connectivity index (χ2n) is 3.85. The number of halogens is 1. The summed E-state index contributed by atoms with van der Waals surface area (Å²) in [5, 5.41) is 6.01. The monoisotopic (exact) mass is 220 g/mol. The molecule has 1 fully saturated rings. The van der Waals surface area contributed by atoms with Crippen LogP contribution in [0.3, 0.4) is 0 Å². The lowest BCUT2D eigenvalue weighted by Gasteiger charge is -2.24. The lowest BCUT2D eigenvalue weighted by Crippen LogP contribution is -2.45. The fraction of sp³-hybridized carbons (Fsp3) is 0.900. The Morgan fingerprint density at radius 1 is 1.29 bits per heavy atom. The van der Waals surface area contributed by atoms with Crippen molar-refractivity contribution in [1.29, 1.82) is 0 Å². The number of carbonyl (C=O) groups excluding carboxylic acids is 1. The molecule has 84 valence electrons. The zero-order chi connectivity index (χ0) is 9.68. The number of hydrogen-bond donors (Lipinski definition) is 2. The van der Waals surface area contributed by atoms with Gasteiger partial charge in [0.1, 0.15) is 0 Å². The van der Waals surface area contributed by atoms with Crippen LogP contribution < -0.4 is 10.6 Å². The van der Waals surface area contributed by atoms with Crippen LogP contribution in [0.25, 0.3) is 0 Å². The lowest BCUT2D eigenvalue weighted by molar-refractivity contribution is -0.123. The molecule has 1 atom stereocenters. The van der Waals surface area contributed by atoms with Crippen LogP contribution >= 0.6 is 12.4 Å². The summed E-state index contributed by atoms with van der Waals surface area (Å²) in [6.07, 6.45) is 6.16. The van der Waals surface area contributed by atoms with Crippen molar-refractivity contribution in [2.45, 2.75) is 51.1 Å². The second-order valence-corrected chi connectivity index (χ2v) is 3.85. The van der Waals surface area contributed by atoms with E-state index in [0.717, 1.165) is 12.8 Å². The predicted octanol–water partition coefficient (Wildman–Crippen LogP) is 1.46. The molecule has 0 aromatic rings. The Morgan fingerprint density at radius 2 is 1.86 bits per heavy atom. The molecule has 0 unspecified atom stereocenters. The maximum atomic E-state index is 11.5. The van der Waals surface area contributed by atoms with Crippen LogP contribution in [0.1, 0.15) is 39.0 Å². The van der Waals surface area contributed by atoms with Crippen molar-refractivity contribution in [3.8, 4) is 0 Å². The summed E-state index contributed by atoms with van der Waals surface area (Å²) in [4.78, 5) is 11.5. The number of likely N-dealkylation sites (N-methyl/N-ethyl adjacent to an activating group) is 1. The molecule has 0 radical (unpaired) electrons. The molecule has 0 bridgehead atoms. The third-order valence-corrected chi connectivity index (χ3v) is 2.78. The number of carbonyl (C=O) groups is 1. The molecule has 2 N–H and O–H groups in total. The van der Waals surface area contributed by atoms with Gasteiger partial charge in [-0.3, -0.25) is 4.79 Å². The van der Waals surface area contributed by atoms with E-state index >= 15 is 0 Å². The largest absolute Gasteiger partial charge is 0.352 e. The fourth-order valence-corrected chi connectivity index (χ4v) is 1.70. The molecule has 0 spiro atoms. The highest BCUT2D eigenvalue weighted by atomic mass is 35.5. The van der Waals surface area contributed by atoms with Gasteiger partial charge >= 0.3 is 0 Å². The van der Waals surface area contributed by atoms with E-state index in [0.29, 0.717) is 6.04 Å². The molecule has 0 saturated heterocycles. The summed E-state index contributed by atoms with van der Waals surface area (Å²) in [5.41, 5.74) is 0. The van der Waals surface area contributed by atoms with Crippen LogP contribution in [0.5, 0.6) is 0 Å². The Morgan fingerprint density at radius 3 is 2.36 bits per heavy atom. The minimum Gasteiger partial charge on any atom is -0.352 e. The molecule has 1 rings (SSSR count). The van der Waals surface area contributed by atoms with Crippen molar-refractivity contribution in [3.63, 3.8) is 0 Å². The van der Waals surface area contributed by atoms with Gasteiger partial charge in [0.05, 0.1) is 6.04 Å². The van der Waals surface area contributed by atoms with Gasteiger partial charge in [-0.1, -0.05) is 19.3 Å². The summed E-state index contributed by atoms with van der Waals surface area (Å²) >= 11 is 0. The zero-order valence-corrected chi connectivity index (χ0v) is 9.82. The maximum Gasteiger partial charge on any atom is 0.237 e. The van der Waals surface area contributed by atoms with Gasteiger partial charge in [0.25, 0.3) is 0 Å². The summed E-state index contributed by atoms with van der Waals surface area (Å²) in [6.45, 7) is 1.89. The molecule has 1 aliphatic rings. The van der Waals surface area contributed by atoms with Crippen LogP contribution in [0, 0.1) is 0 Å². The van der Waals surface area contributed by atoms with Gasteiger partial charge in [-0.15, -0.1) is 12.4 Å². The smallest absolute Gasteiger partial charge is 0.237 e. The van der Waals surface area contributed by atoms with E-state index in [4.69, 9.17) is 0 Å². The summed E-state index contributed by atoms with van der Waals surface area (Å²) in [7, 11) is 1.81. The van der Waals surface area contributed by atoms with Gasteiger partial charge in [-0.25, -0.2) is 0 Å². The summed E-state index contributed by atoms with van der Waals surface area (Å²) < 4.78 is 0. The van der Waals surface area contributed by atoms with Crippen molar-refractivity contribution in [3.05, 3.63) is 0 Å². The Hall–Kier alpha value is -0.280. The second kappa shape index (κ2) is 7.07. The Bertz CT molecular complexity index is 170. The third-order valence-electron chi connectivity index (χ3n) is 2.78. The molecule has 3 nitrogen and oxygen atoms in total. The van der Waals surface area contributed by atoms with Crippen molar-refractivity contribution in [2.24, 2.45) is 0 Å². The maximum absolute atomic E-state index is 11.5. The topological polar surface area (TPSA) is 41.1 Å². The van der Waals surface area contributed by atoms with Gasteiger partial charge in [0.2, 0.25) is 5.91 Å². The average Bonchev–Trinajstić information content (AvgIpc) is 2.18. The fourth-order valence-electron chi connectivity index (χ4n) is 1.70. The first-order chi connectivity index (χ1) is 6.24. The molecule has 0 aromatic heterocycles. The van der Waals surface area contributed by atoms with E-state index in [2.05, 4.69) is 10.6 Å². The van der Waals surface area contributed by atoms with Crippen LogP contribution in [0.15, 0.2) is 0 Å². The Balaban J connectivity index is 0.00000169. The predicted molar refractivity (Wildman–Crippen MR) is 60.8 cm³/mol. The Kier molecular flexibility index (Phi) is 6.93. The van der Waals surface area contributed by atoms with Crippen molar-refractivity contribution in [2.75, 3.05) is 7.05 Å². The molecule has 4 heteroatoms. The van der Waals surface area contributed by atoms with Gasteiger partial charge < -0.3 is 10.6 Å². The molecule has 1 amide bonds. The third kappa shape index (κ3) is 4.29. The minimum atomic E-state index is -0.0677. The van der Waals surface area contributed by atoms with Crippen LogP contribution in [0.2, 0.25) is 0 Å². The summed E-state index contributed by atoms with van der Waals surface area (Å²) in [5.74, 6) is 0.134. The highest BCUT2D eigenvalue weighted by molar-refractivity contribution is 5.85. The van der Waals surface area contributed by atoms with Crippen LogP contribution in [-0.2, 0) is 4.79 Å². The quantitative estimate of drug-likeness (QED) is 0.757. The van der Waals surface area contributed by atoms with E-state index < -0.39 is 0 Å². The SMILES string of the molecule is CN[C@H](C)C(=O)NC1CCCCC1.Cl. The van der Waals surface area contributed by atoms with Crippen molar-refractivity contribution in [1.82, 2.24) is 10.6 Å². The van der Waals surface area contributed by atoms with E-state index in [-0.39, 0.29) is 24.4 Å². The number of hydrogen-bond acceptors (Lipinski definition) is 2. The average molecular weight is 221 g/mol. The zero-order valence-electron chi connectivity index (χ0n) is 9.01. The van der Waals surface area contributed by atoms with E-state index in [1.54, 1.807) is 0 Å². The first-order valence-corrected chi connectivity index (χ1v) is 5.21. The first-order valence-electron chi connectivity index (χ1n) is 5.21.